The number of nitrogens with one attached hydrogen (secondary N) is 1. The third-order valence-corrected chi connectivity index (χ3v) is 3.32. The van der Waals surface area contributed by atoms with Crippen LogP contribution in [0.5, 0.6) is 0 Å². The standard InChI is InChI=1S/C17H21N3/c1-13-5-8-16(11-14(13)2)19-18-12-15-6-9-17(10-7-15)20(3)4/h5-12,19H,1-4H3/b18-12+. The van der Waals surface area contributed by atoms with Gasteiger partial charge in [0.1, 0.15) is 0 Å². The Morgan fingerprint density at radius 2 is 1.65 bits per heavy atom. The second kappa shape index (κ2) is 6.24. The van der Waals surface area contributed by atoms with Crippen LogP contribution in [0.2, 0.25) is 0 Å². The van der Waals surface area contributed by atoms with Crippen LogP contribution in [0.15, 0.2) is 47.6 Å². The molecule has 2 aromatic rings. The smallest absolute Gasteiger partial charge is 0.0564 e. The fourth-order valence-corrected chi connectivity index (χ4v) is 1.85. The van der Waals surface area contributed by atoms with Gasteiger partial charge < -0.3 is 4.90 Å². The second-order valence-corrected chi connectivity index (χ2v) is 5.15. The third-order valence-electron chi connectivity index (χ3n) is 3.32. The van der Waals surface area contributed by atoms with Crippen molar-refractivity contribution >= 4 is 17.6 Å². The highest BCUT2D eigenvalue weighted by atomic mass is 15.3. The SMILES string of the molecule is Cc1ccc(N/N=C/c2ccc(N(C)C)cc2)cc1C. The van der Waals surface area contributed by atoms with Crippen LogP contribution in [-0.4, -0.2) is 20.3 Å². The number of hydrogen-bond acceptors (Lipinski definition) is 3. The van der Waals surface area contributed by atoms with Crippen LogP contribution in [0.4, 0.5) is 11.4 Å². The van der Waals surface area contributed by atoms with Crippen molar-refractivity contribution in [3.63, 3.8) is 0 Å². The van der Waals surface area contributed by atoms with Crippen LogP contribution in [0.1, 0.15) is 16.7 Å². The minimum absolute atomic E-state index is 1.01. The Morgan fingerprint density at radius 3 is 2.25 bits per heavy atom. The summed E-state index contributed by atoms with van der Waals surface area (Å²) in [5.41, 5.74) is 8.88. The summed E-state index contributed by atoms with van der Waals surface area (Å²) >= 11 is 0. The molecule has 0 saturated carbocycles. The van der Waals surface area contributed by atoms with E-state index in [2.05, 4.69) is 65.7 Å². The number of hydrazone groups is 1. The van der Waals surface area contributed by atoms with Crippen LogP contribution < -0.4 is 10.3 Å². The lowest BCUT2D eigenvalue weighted by Crippen LogP contribution is -2.08. The van der Waals surface area contributed by atoms with E-state index in [1.165, 1.54) is 16.8 Å². The van der Waals surface area contributed by atoms with Gasteiger partial charge in [-0.2, -0.15) is 5.10 Å². The van der Waals surface area contributed by atoms with Crippen molar-refractivity contribution < 1.29 is 0 Å². The number of anilines is 2. The van der Waals surface area contributed by atoms with Crippen molar-refractivity contribution in [3.05, 3.63) is 59.2 Å². The Bertz CT molecular complexity index is 598. The number of hydrogen-bond donors (Lipinski definition) is 1. The molecule has 0 aliphatic heterocycles. The van der Waals surface area contributed by atoms with E-state index in [-0.39, 0.29) is 0 Å². The van der Waals surface area contributed by atoms with E-state index in [0.29, 0.717) is 0 Å². The van der Waals surface area contributed by atoms with Gasteiger partial charge in [-0.05, 0) is 54.8 Å². The summed E-state index contributed by atoms with van der Waals surface area (Å²) in [5.74, 6) is 0. The molecule has 3 heteroatoms. The zero-order valence-electron chi connectivity index (χ0n) is 12.5. The average molecular weight is 267 g/mol. The van der Waals surface area contributed by atoms with Gasteiger partial charge in [0.25, 0.3) is 0 Å². The molecular weight excluding hydrogens is 246 g/mol. The Kier molecular flexibility index (Phi) is 4.41. The molecule has 0 heterocycles. The predicted molar refractivity (Wildman–Crippen MR) is 87.9 cm³/mol. The highest BCUT2D eigenvalue weighted by molar-refractivity contribution is 5.81. The Morgan fingerprint density at radius 1 is 0.950 bits per heavy atom. The highest BCUT2D eigenvalue weighted by Gasteiger charge is 1.95. The average Bonchev–Trinajstić information content (AvgIpc) is 2.43. The summed E-state index contributed by atoms with van der Waals surface area (Å²) in [4.78, 5) is 2.08. The van der Waals surface area contributed by atoms with Gasteiger partial charge in [0.15, 0.2) is 0 Å². The van der Waals surface area contributed by atoms with Gasteiger partial charge >= 0.3 is 0 Å². The molecule has 104 valence electrons. The van der Waals surface area contributed by atoms with Crippen LogP contribution in [0.25, 0.3) is 0 Å². The lowest BCUT2D eigenvalue weighted by molar-refractivity contribution is 1.13. The minimum Gasteiger partial charge on any atom is -0.378 e. The van der Waals surface area contributed by atoms with Gasteiger partial charge in [-0.3, -0.25) is 5.43 Å². The molecule has 0 aliphatic rings. The van der Waals surface area contributed by atoms with Crippen LogP contribution in [-0.2, 0) is 0 Å². The van der Waals surface area contributed by atoms with Crippen LogP contribution in [0, 0.1) is 13.8 Å². The van der Waals surface area contributed by atoms with E-state index in [1.807, 2.05) is 26.4 Å². The molecule has 2 rings (SSSR count). The van der Waals surface area contributed by atoms with E-state index in [0.717, 1.165) is 11.3 Å². The topological polar surface area (TPSA) is 27.6 Å². The first-order valence-corrected chi connectivity index (χ1v) is 6.70. The molecule has 0 unspecified atom stereocenters. The maximum Gasteiger partial charge on any atom is 0.0564 e. The van der Waals surface area contributed by atoms with E-state index in [4.69, 9.17) is 0 Å². The van der Waals surface area contributed by atoms with E-state index >= 15 is 0 Å². The summed E-state index contributed by atoms with van der Waals surface area (Å²) < 4.78 is 0. The first kappa shape index (κ1) is 14.1. The van der Waals surface area contributed by atoms with Crippen molar-refractivity contribution in [2.24, 2.45) is 5.10 Å². The molecule has 0 saturated heterocycles. The summed E-state index contributed by atoms with van der Waals surface area (Å²) in [7, 11) is 4.06. The summed E-state index contributed by atoms with van der Waals surface area (Å²) in [5, 5.41) is 4.27. The molecule has 0 atom stereocenters. The van der Waals surface area contributed by atoms with E-state index < -0.39 is 0 Å². The van der Waals surface area contributed by atoms with Gasteiger partial charge in [0.2, 0.25) is 0 Å². The molecule has 0 radical (unpaired) electrons. The molecule has 0 fully saturated rings. The van der Waals surface area contributed by atoms with Crippen molar-refractivity contribution in [1.82, 2.24) is 0 Å². The van der Waals surface area contributed by atoms with Crippen molar-refractivity contribution in [1.29, 1.82) is 0 Å². The van der Waals surface area contributed by atoms with Gasteiger partial charge in [-0.15, -0.1) is 0 Å². The molecule has 0 bridgehead atoms. The quantitative estimate of drug-likeness (QED) is 0.673. The van der Waals surface area contributed by atoms with Crippen LogP contribution >= 0.6 is 0 Å². The molecule has 0 spiro atoms. The van der Waals surface area contributed by atoms with Gasteiger partial charge in [-0.25, -0.2) is 0 Å². The minimum atomic E-state index is 1.01. The van der Waals surface area contributed by atoms with Gasteiger partial charge in [-0.1, -0.05) is 18.2 Å². The fraction of sp³-hybridized carbons (Fsp3) is 0.235. The largest absolute Gasteiger partial charge is 0.378 e. The van der Waals surface area contributed by atoms with Crippen LogP contribution in [0.3, 0.4) is 0 Å². The molecule has 0 aliphatic carbocycles. The van der Waals surface area contributed by atoms with Gasteiger partial charge in [0.05, 0.1) is 11.9 Å². The Balaban J connectivity index is 2.00. The number of nitrogens with zero attached hydrogens (tertiary/aromatic N) is 2. The molecule has 3 nitrogen and oxygen atoms in total. The normalized spacial score (nSPS) is 10.8. The summed E-state index contributed by atoms with van der Waals surface area (Å²) in [6, 6.07) is 14.5. The number of benzene rings is 2. The highest BCUT2D eigenvalue weighted by Crippen LogP contribution is 2.14. The molecule has 20 heavy (non-hydrogen) atoms. The molecule has 1 N–H and O–H groups in total. The van der Waals surface area contributed by atoms with Crippen molar-refractivity contribution in [2.75, 3.05) is 24.4 Å². The first-order chi connectivity index (χ1) is 9.56. The maximum absolute atomic E-state index is 4.27. The molecule has 0 aromatic heterocycles. The molecule has 2 aromatic carbocycles. The summed E-state index contributed by atoms with van der Waals surface area (Å²) in [6.45, 7) is 4.21. The fourth-order valence-electron chi connectivity index (χ4n) is 1.85. The molecular formula is C17H21N3. The zero-order chi connectivity index (χ0) is 14.5. The lowest BCUT2D eigenvalue weighted by Gasteiger charge is -2.11. The second-order valence-electron chi connectivity index (χ2n) is 5.15. The number of rotatable bonds is 4. The predicted octanol–water partition coefficient (Wildman–Crippen LogP) is 3.82. The zero-order valence-corrected chi connectivity index (χ0v) is 12.5. The van der Waals surface area contributed by atoms with E-state index in [9.17, 15) is 0 Å². The van der Waals surface area contributed by atoms with Crippen molar-refractivity contribution in [3.8, 4) is 0 Å². The van der Waals surface area contributed by atoms with E-state index in [1.54, 1.807) is 0 Å². The molecule has 0 amide bonds. The van der Waals surface area contributed by atoms with Crippen molar-refractivity contribution in [2.45, 2.75) is 13.8 Å². The monoisotopic (exact) mass is 267 g/mol. The Labute approximate surface area is 120 Å². The lowest BCUT2D eigenvalue weighted by atomic mass is 10.1. The first-order valence-electron chi connectivity index (χ1n) is 6.70. The van der Waals surface area contributed by atoms with Gasteiger partial charge in [0, 0.05) is 19.8 Å². The Hall–Kier alpha value is -2.29. The maximum atomic E-state index is 4.27. The third kappa shape index (κ3) is 3.60. The number of aryl methyl sites for hydroxylation is 2. The summed E-state index contributed by atoms with van der Waals surface area (Å²) in [6.07, 6.45) is 1.83.